The van der Waals surface area contributed by atoms with E-state index in [-0.39, 0.29) is 11.6 Å². The molecule has 2 aromatic carbocycles. The zero-order valence-corrected chi connectivity index (χ0v) is 18.4. The molecule has 0 bridgehead atoms. The third-order valence-electron chi connectivity index (χ3n) is 5.54. The Balaban J connectivity index is 1.21. The number of piperazine rings is 1. The minimum Gasteiger partial charge on any atom is -0.457 e. The molecule has 0 atom stereocenters. The van der Waals surface area contributed by atoms with Gasteiger partial charge in [0.25, 0.3) is 11.6 Å². The molecule has 1 amide bonds. The normalized spacial score (nSPS) is 17.5. The summed E-state index contributed by atoms with van der Waals surface area (Å²) in [7, 11) is 0. The highest BCUT2D eigenvalue weighted by Gasteiger charge is 2.29. The number of nitrogens with zero attached hydrogens (tertiary/aromatic N) is 4. The number of carbonyl (C=O) groups excluding carboxylic acids is 1. The van der Waals surface area contributed by atoms with Crippen LogP contribution in [0.25, 0.3) is 17.4 Å². The number of hydrogen-bond donors (Lipinski definition) is 0. The maximum atomic E-state index is 12.5. The van der Waals surface area contributed by atoms with Gasteiger partial charge in [-0.3, -0.25) is 14.9 Å². The zero-order valence-electron chi connectivity index (χ0n) is 17.6. The van der Waals surface area contributed by atoms with Crippen LogP contribution < -0.4 is 4.90 Å². The van der Waals surface area contributed by atoms with E-state index in [1.165, 1.54) is 23.9 Å². The Morgan fingerprint density at radius 1 is 0.939 bits per heavy atom. The van der Waals surface area contributed by atoms with Crippen LogP contribution in [-0.4, -0.2) is 47.1 Å². The molecule has 1 aromatic heterocycles. The van der Waals surface area contributed by atoms with Crippen LogP contribution in [0.2, 0.25) is 0 Å². The Morgan fingerprint density at radius 2 is 1.64 bits per heavy atom. The standard InChI is InChI=1S/C24H20N4O4S/c29-23-22(16-20-10-11-21(32-20)17-4-2-1-3-5-17)33-24(25-23)27-14-12-26(13-15-27)18-6-8-19(9-7-18)28(30)31/h1-11,16H,12-15H2. The highest BCUT2D eigenvalue weighted by atomic mass is 32.2. The number of non-ortho nitro benzene ring substituents is 1. The maximum absolute atomic E-state index is 12.5. The van der Waals surface area contributed by atoms with E-state index in [4.69, 9.17) is 4.42 Å². The van der Waals surface area contributed by atoms with Gasteiger partial charge in [-0.15, -0.1) is 0 Å². The van der Waals surface area contributed by atoms with Crippen molar-refractivity contribution in [2.75, 3.05) is 31.1 Å². The van der Waals surface area contributed by atoms with Crippen LogP contribution in [0.15, 0.2) is 81.0 Å². The van der Waals surface area contributed by atoms with Crippen LogP contribution in [0.3, 0.4) is 0 Å². The lowest BCUT2D eigenvalue weighted by atomic mass is 10.2. The van der Waals surface area contributed by atoms with Crippen molar-refractivity contribution in [2.45, 2.75) is 0 Å². The van der Waals surface area contributed by atoms with Crippen molar-refractivity contribution in [1.82, 2.24) is 4.90 Å². The fraction of sp³-hybridized carbons (Fsp3) is 0.167. The van der Waals surface area contributed by atoms with Crippen molar-refractivity contribution in [3.8, 4) is 11.3 Å². The van der Waals surface area contributed by atoms with Crippen LogP contribution in [0.4, 0.5) is 11.4 Å². The van der Waals surface area contributed by atoms with Gasteiger partial charge in [-0.1, -0.05) is 30.3 Å². The molecule has 0 saturated carbocycles. The first-order valence-electron chi connectivity index (χ1n) is 10.5. The predicted octanol–water partition coefficient (Wildman–Crippen LogP) is 4.65. The first-order valence-corrected chi connectivity index (χ1v) is 11.3. The molecule has 3 heterocycles. The van der Waals surface area contributed by atoms with Gasteiger partial charge in [-0.25, -0.2) is 0 Å². The molecular formula is C24H20N4O4S. The summed E-state index contributed by atoms with van der Waals surface area (Å²) in [5.41, 5.74) is 2.01. The Hall–Kier alpha value is -3.85. The molecule has 2 aliphatic rings. The van der Waals surface area contributed by atoms with E-state index in [2.05, 4.69) is 14.8 Å². The van der Waals surface area contributed by atoms with Crippen LogP contribution in [-0.2, 0) is 4.79 Å². The Bertz CT molecular complexity index is 1240. The highest BCUT2D eigenvalue weighted by molar-refractivity contribution is 8.18. The summed E-state index contributed by atoms with van der Waals surface area (Å²) < 4.78 is 5.89. The molecule has 5 rings (SSSR count). The third kappa shape index (κ3) is 4.54. The second kappa shape index (κ2) is 8.95. The number of nitro groups is 1. The van der Waals surface area contributed by atoms with E-state index in [0.29, 0.717) is 28.9 Å². The highest BCUT2D eigenvalue weighted by Crippen LogP contribution is 2.32. The average Bonchev–Trinajstić information content (AvgIpc) is 3.47. The van der Waals surface area contributed by atoms with Crippen LogP contribution >= 0.6 is 11.8 Å². The molecule has 0 spiro atoms. The van der Waals surface area contributed by atoms with Gasteiger partial charge in [0.15, 0.2) is 5.17 Å². The van der Waals surface area contributed by atoms with E-state index < -0.39 is 4.92 Å². The van der Waals surface area contributed by atoms with Crippen LogP contribution in [0.1, 0.15) is 5.76 Å². The minimum absolute atomic E-state index is 0.0828. The molecule has 0 unspecified atom stereocenters. The summed E-state index contributed by atoms with van der Waals surface area (Å²) in [6.07, 6.45) is 1.74. The van der Waals surface area contributed by atoms with Crippen molar-refractivity contribution < 1.29 is 14.1 Å². The summed E-state index contributed by atoms with van der Waals surface area (Å²) in [5, 5.41) is 11.5. The first kappa shape index (κ1) is 21.0. The number of amides is 1. The van der Waals surface area contributed by atoms with Crippen molar-refractivity contribution in [1.29, 1.82) is 0 Å². The molecule has 166 valence electrons. The van der Waals surface area contributed by atoms with Gasteiger partial charge < -0.3 is 14.2 Å². The summed E-state index contributed by atoms with van der Waals surface area (Å²) >= 11 is 1.36. The Labute approximate surface area is 194 Å². The number of amidine groups is 1. The molecule has 0 aliphatic carbocycles. The maximum Gasteiger partial charge on any atom is 0.286 e. The number of anilines is 1. The smallest absolute Gasteiger partial charge is 0.286 e. The number of carbonyl (C=O) groups is 1. The summed E-state index contributed by atoms with van der Waals surface area (Å²) in [6.45, 7) is 2.90. The zero-order chi connectivity index (χ0) is 22.8. The number of thioether (sulfide) groups is 1. The minimum atomic E-state index is -0.398. The number of rotatable bonds is 4. The van der Waals surface area contributed by atoms with E-state index >= 15 is 0 Å². The van der Waals surface area contributed by atoms with Gasteiger partial charge in [0.1, 0.15) is 11.5 Å². The predicted molar refractivity (Wildman–Crippen MR) is 129 cm³/mol. The van der Waals surface area contributed by atoms with E-state index in [0.717, 1.165) is 30.1 Å². The second-order valence-corrected chi connectivity index (χ2v) is 8.63. The lowest BCUT2D eigenvalue weighted by Gasteiger charge is -2.36. The quantitative estimate of drug-likeness (QED) is 0.318. The van der Waals surface area contributed by atoms with Crippen molar-refractivity contribution in [2.24, 2.45) is 4.99 Å². The molecule has 0 N–H and O–H groups in total. The second-order valence-electron chi connectivity index (χ2n) is 7.63. The van der Waals surface area contributed by atoms with Crippen LogP contribution in [0, 0.1) is 10.1 Å². The molecule has 3 aromatic rings. The molecule has 1 saturated heterocycles. The van der Waals surface area contributed by atoms with Crippen molar-refractivity contribution >= 4 is 40.3 Å². The molecule has 1 fully saturated rings. The summed E-state index contributed by atoms with van der Waals surface area (Å²) in [6, 6.07) is 20.1. The average molecular weight is 461 g/mol. The van der Waals surface area contributed by atoms with E-state index in [9.17, 15) is 14.9 Å². The third-order valence-corrected chi connectivity index (χ3v) is 6.59. The number of aliphatic imine (C=N–C) groups is 1. The van der Waals surface area contributed by atoms with Gasteiger partial charge in [0.2, 0.25) is 0 Å². The molecule has 2 aliphatic heterocycles. The Kier molecular flexibility index (Phi) is 5.70. The van der Waals surface area contributed by atoms with Crippen LogP contribution in [0.5, 0.6) is 0 Å². The number of hydrogen-bond acceptors (Lipinski definition) is 7. The molecule has 9 heteroatoms. The Morgan fingerprint density at radius 3 is 2.33 bits per heavy atom. The molecule has 0 radical (unpaired) electrons. The molecular weight excluding hydrogens is 440 g/mol. The fourth-order valence-corrected chi connectivity index (χ4v) is 4.74. The fourth-order valence-electron chi connectivity index (χ4n) is 3.79. The van der Waals surface area contributed by atoms with Gasteiger partial charge in [-0.2, -0.15) is 4.99 Å². The van der Waals surface area contributed by atoms with Crippen molar-refractivity contribution in [3.63, 3.8) is 0 Å². The summed E-state index contributed by atoms with van der Waals surface area (Å²) in [4.78, 5) is 32.0. The van der Waals surface area contributed by atoms with Gasteiger partial charge in [-0.05, 0) is 36.0 Å². The van der Waals surface area contributed by atoms with E-state index in [1.807, 2.05) is 42.5 Å². The SMILES string of the molecule is O=C1N=C(N2CCN(c3ccc([N+](=O)[O-])cc3)CC2)SC1=Cc1ccc(-c2ccccc2)o1. The molecule has 33 heavy (non-hydrogen) atoms. The number of nitro benzene ring substituents is 1. The molecule has 8 nitrogen and oxygen atoms in total. The van der Waals surface area contributed by atoms with Gasteiger partial charge >= 0.3 is 0 Å². The van der Waals surface area contributed by atoms with E-state index in [1.54, 1.807) is 18.2 Å². The van der Waals surface area contributed by atoms with Gasteiger partial charge in [0, 0.05) is 55.6 Å². The monoisotopic (exact) mass is 460 g/mol. The lowest BCUT2D eigenvalue weighted by Crippen LogP contribution is -2.47. The lowest BCUT2D eigenvalue weighted by molar-refractivity contribution is -0.384. The van der Waals surface area contributed by atoms with Gasteiger partial charge in [0.05, 0.1) is 9.83 Å². The van der Waals surface area contributed by atoms with Crippen molar-refractivity contribution in [3.05, 3.63) is 87.5 Å². The number of furan rings is 1. The summed E-state index contributed by atoms with van der Waals surface area (Å²) in [5.74, 6) is 1.11. The largest absolute Gasteiger partial charge is 0.457 e. The first-order chi connectivity index (χ1) is 16.1. The number of benzene rings is 2. The topological polar surface area (TPSA) is 92.2 Å².